The van der Waals surface area contributed by atoms with Crippen LogP contribution in [0.5, 0.6) is 5.75 Å². The van der Waals surface area contributed by atoms with Gasteiger partial charge in [0.05, 0.1) is 6.10 Å². The molecule has 3 nitrogen and oxygen atoms in total. The fourth-order valence-electron chi connectivity index (χ4n) is 1.23. The fourth-order valence-corrected chi connectivity index (χ4v) is 1.70. The van der Waals surface area contributed by atoms with Crippen LogP contribution in [-0.2, 0) is 0 Å². The summed E-state index contributed by atoms with van der Waals surface area (Å²) in [6.45, 7) is 0.484. The number of phenolic OH excluding ortho intramolecular Hbond substituents is 1. The first-order chi connectivity index (χ1) is 6.69. The lowest BCUT2D eigenvalue weighted by Crippen LogP contribution is -2.16. The minimum atomic E-state index is -0.568. The second-order valence-corrected chi connectivity index (χ2v) is 3.85. The van der Waals surface area contributed by atoms with Crippen LogP contribution in [0.25, 0.3) is 0 Å². The molecule has 14 heavy (non-hydrogen) atoms. The minimum absolute atomic E-state index is 0.227. The molecule has 0 amide bonds. The molecular weight excluding hydrogens is 198 g/mol. The number of hydrogen-bond acceptors (Lipinski definition) is 4. The van der Waals surface area contributed by atoms with E-state index in [-0.39, 0.29) is 5.75 Å². The summed E-state index contributed by atoms with van der Waals surface area (Å²) in [6.07, 6.45) is 1.33. The lowest BCUT2D eigenvalue weighted by atomic mass is 10.1. The molecule has 0 bridgehead atoms. The highest BCUT2D eigenvalue weighted by molar-refractivity contribution is 7.98. The standard InChI is InChI=1S/C10H15NO2S/c1-11-6-9(13)7-3-4-10(14-2)8(12)5-7/h3-5,9,11-13H,6H2,1-2H3. The first-order valence-corrected chi connectivity index (χ1v) is 5.61. The van der Waals surface area contributed by atoms with Crippen molar-refractivity contribution in [3.05, 3.63) is 23.8 Å². The minimum Gasteiger partial charge on any atom is -0.507 e. The third kappa shape index (κ3) is 2.64. The van der Waals surface area contributed by atoms with Gasteiger partial charge in [-0.2, -0.15) is 0 Å². The van der Waals surface area contributed by atoms with Gasteiger partial charge >= 0.3 is 0 Å². The van der Waals surface area contributed by atoms with Crippen molar-refractivity contribution >= 4 is 11.8 Å². The van der Waals surface area contributed by atoms with Crippen molar-refractivity contribution < 1.29 is 10.2 Å². The number of thioether (sulfide) groups is 1. The van der Waals surface area contributed by atoms with Gasteiger partial charge in [-0.3, -0.25) is 0 Å². The Hall–Kier alpha value is -0.710. The molecule has 0 aromatic heterocycles. The number of phenols is 1. The highest BCUT2D eigenvalue weighted by Crippen LogP contribution is 2.29. The molecule has 0 aliphatic carbocycles. The molecule has 4 heteroatoms. The van der Waals surface area contributed by atoms with Gasteiger partial charge in [0.1, 0.15) is 5.75 Å². The topological polar surface area (TPSA) is 52.5 Å². The number of likely N-dealkylation sites (N-methyl/N-ethyl adjacent to an activating group) is 1. The number of aliphatic hydroxyl groups excluding tert-OH is 1. The van der Waals surface area contributed by atoms with Crippen molar-refractivity contribution in [1.82, 2.24) is 5.32 Å². The Labute approximate surface area is 88.2 Å². The van der Waals surface area contributed by atoms with Crippen LogP contribution >= 0.6 is 11.8 Å². The third-order valence-corrected chi connectivity index (χ3v) is 2.77. The van der Waals surface area contributed by atoms with Crippen LogP contribution in [0, 0.1) is 0 Å². The van der Waals surface area contributed by atoms with Gasteiger partial charge < -0.3 is 15.5 Å². The molecule has 0 saturated heterocycles. The first kappa shape index (κ1) is 11.4. The number of nitrogens with one attached hydrogen (secondary N) is 1. The van der Waals surface area contributed by atoms with Crippen LogP contribution in [0.2, 0.25) is 0 Å². The second-order valence-electron chi connectivity index (χ2n) is 3.00. The summed E-state index contributed by atoms with van der Waals surface area (Å²) in [5, 5.41) is 22.1. The summed E-state index contributed by atoms with van der Waals surface area (Å²) in [6, 6.07) is 5.25. The van der Waals surface area contributed by atoms with Crippen molar-refractivity contribution in [2.45, 2.75) is 11.0 Å². The highest BCUT2D eigenvalue weighted by Gasteiger charge is 2.08. The maximum absolute atomic E-state index is 9.63. The molecule has 0 aliphatic rings. The van der Waals surface area contributed by atoms with E-state index in [0.29, 0.717) is 6.54 Å². The number of aliphatic hydroxyl groups is 1. The van der Waals surface area contributed by atoms with E-state index in [4.69, 9.17) is 0 Å². The lowest BCUT2D eigenvalue weighted by Gasteiger charge is -2.11. The van der Waals surface area contributed by atoms with E-state index in [1.54, 1.807) is 13.1 Å². The van der Waals surface area contributed by atoms with Crippen LogP contribution in [-0.4, -0.2) is 30.1 Å². The van der Waals surface area contributed by atoms with Gasteiger partial charge in [-0.05, 0) is 31.0 Å². The molecule has 0 heterocycles. The summed E-state index contributed by atoms with van der Waals surface area (Å²) in [4.78, 5) is 0.824. The van der Waals surface area contributed by atoms with E-state index in [9.17, 15) is 10.2 Å². The van der Waals surface area contributed by atoms with Crippen molar-refractivity contribution in [3.63, 3.8) is 0 Å². The number of hydrogen-bond donors (Lipinski definition) is 3. The Balaban J connectivity index is 2.85. The van der Waals surface area contributed by atoms with Gasteiger partial charge in [-0.1, -0.05) is 6.07 Å². The molecular formula is C10H15NO2S. The Morgan fingerprint density at radius 1 is 1.50 bits per heavy atom. The maximum atomic E-state index is 9.63. The second kappa shape index (κ2) is 5.24. The summed E-state index contributed by atoms with van der Waals surface area (Å²) >= 11 is 1.48. The van der Waals surface area contributed by atoms with Gasteiger partial charge in [0.15, 0.2) is 0 Å². The van der Waals surface area contributed by atoms with Crippen molar-refractivity contribution in [3.8, 4) is 5.75 Å². The zero-order valence-electron chi connectivity index (χ0n) is 8.32. The predicted molar refractivity (Wildman–Crippen MR) is 58.8 cm³/mol. The monoisotopic (exact) mass is 213 g/mol. The van der Waals surface area contributed by atoms with Crippen molar-refractivity contribution in [1.29, 1.82) is 0 Å². The molecule has 0 aliphatic heterocycles. The van der Waals surface area contributed by atoms with E-state index < -0.39 is 6.10 Å². The van der Waals surface area contributed by atoms with Crippen LogP contribution in [0.4, 0.5) is 0 Å². The first-order valence-electron chi connectivity index (χ1n) is 4.38. The van der Waals surface area contributed by atoms with Crippen LogP contribution < -0.4 is 5.32 Å². The summed E-state index contributed by atoms with van der Waals surface area (Å²) in [5.74, 6) is 0.227. The molecule has 0 spiro atoms. The molecule has 0 fully saturated rings. The van der Waals surface area contributed by atoms with E-state index in [0.717, 1.165) is 10.5 Å². The van der Waals surface area contributed by atoms with Crippen molar-refractivity contribution in [2.75, 3.05) is 19.8 Å². The van der Waals surface area contributed by atoms with E-state index >= 15 is 0 Å². The average Bonchev–Trinajstić information content (AvgIpc) is 2.18. The Morgan fingerprint density at radius 3 is 2.71 bits per heavy atom. The zero-order chi connectivity index (χ0) is 10.6. The van der Waals surface area contributed by atoms with Crippen LogP contribution in [0.3, 0.4) is 0 Å². The number of rotatable bonds is 4. The molecule has 78 valence electrons. The summed E-state index contributed by atoms with van der Waals surface area (Å²) < 4.78 is 0. The molecule has 1 rings (SSSR count). The predicted octanol–water partition coefficient (Wildman–Crippen LogP) is 1.37. The quantitative estimate of drug-likeness (QED) is 0.661. The normalized spacial score (nSPS) is 12.8. The van der Waals surface area contributed by atoms with Gasteiger partial charge in [0.2, 0.25) is 0 Å². The summed E-state index contributed by atoms with van der Waals surface area (Å²) in [5.41, 5.74) is 0.731. The molecule has 1 unspecified atom stereocenters. The number of aromatic hydroxyl groups is 1. The van der Waals surface area contributed by atoms with Crippen LogP contribution in [0.1, 0.15) is 11.7 Å². The Kier molecular flexibility index (Phi) is 4.25. The molecule has 1 atom stereocenters. The molecule has 0 radical (unpaired) electrons. The maximum Gasteiger partial charge on any atom is 0.129 e. The number of benzene rings is 1. The SMILES string of the molecule is CNCC(O)c1ccc(SC)c(O)c1. The van der Waals surface area contributed by atoms with Crippen LogP contribution in [0.15, 0.2) is 23.1 Å². The van der Waals surface area contributed by atoms with E-state index in [1.165, 1.54) is 11.8 Å². The van der Waals surface area contributed by atoms with E-state index in [1.807, 2.05) is 18.4 Å². The third-order valence-electron chi connectivity index (χ3n) is 1.99. The molecule has 0 saturated carbocycles. The summed E-state index contributed by atoms with van der Waals surface area (Å²) in [7, 11) is 1.78. The zero-order valence-corrected chi connectivity index (χ0v) is 9.14. The lowest BCUT2D eigenvalue weighted by molar-refractivity contribution is 0.177. The fraction of sp³-hybridized carbons (Fsp3) is 0.400. The Bertz CT molecular complexity index is 304. The van der Waals surface area contributed by atoms with Gasteiger partial charge in [-0.15, -0.1) is 11.8 Å². The highest BCUT2D eigenvalue weighted by atomic mass is 32.2. The van der Waals surface area contributed by atoms with Crippen molar-refractivity contribution in [2.24, 2.45) is 0 Å². The molecule has 3 N–H and O–H groups in total. The van der Waals surface area contributed by atoms with E-state index in [2.05, 4.69) is 5.32 Å². The van der Waals surface area contributed by atoms with Gasteiger partial charge in [0, 0.05) is 11.4 Å². The molecule has 1 aromatic rings. The smallest absolute Gasteiger partial charge is 0.129 e. The van der Waals surface area contributed by atoms with Gasteiger partial charge in [0.25, 0.3) is 0 Å². The van der Waals surface area contributed by atoms with Gasteiger partial charge in [-0.25, -0.2) is 0 Å². The Morgan fingerprint density at radius 2 is 2.21 bits per heavy atom. The average molecular weight is 213 g/mol. The molecule has 1 aromatic carbocycles. The largest absolute Gasteiger partial charge is 0.507 e.